The molecule has 2 atom stereocenters. The topological polar surface area (TPSA) is 49.7 Å². The minimum atomic E-state index is -0.534. The van der Waals surface area contributed by atoms with E-state index in [2.05, 4.69) is 0 Å². The zero-order valence-electron chi connectivity index (χ0n) is 9.18. The molecular formula is C12H18O3. The lowest BCUT2D eigenvalue weighted by atomic mass is 10.1. The van der Waals surface area contributed by atoms with Crippen LogP contribution in [0.1, 0.15) is 31.9 Å². The second-order valence-electron chi connectivity index (χ2n) is 3.70. The molecule has 0 bridgehead atoms. The van der Waals surface area contributed by atoms with Crippen molar-refractivity contribution >= 4 is 0 Å². The molecule has 1 rings (SSSR count). The van der Waals surface area contributed by atoms with E-state index in [-0.39, 0.29) is 6.10 Å². The Morgan fingerprint density at radius 2 is 1.87 bits per heavy atom. The van der Waals surface area contributed by atoms with E-state index in [1.807, 2.05) is 24.3 Å². The van der Waals surface area contributed by atoms with Crippen molar-refractivity contribution in [2.24, 2.45) is 0 Å². The van der Waals surface area contributed by atoms with E-state index in [0.717, 1.165) is 5.56 Å². The first kappa shape index (κ1) is 12.0. The molecule has 0 aliphatic rings. The summed E-state index contributed by atoms with van der Waals surface area (Å²) in [5.74, 6) is 0.688. The number of ether oxygens (including phenoxy) is 1. The zero-order chi connectivity index (χ0) is 11.3. The van der Waals surface area contributed by atoms with Crippen molar-refractivity contribution in [3.05, 3.63) is 29.8 Å². The lowest BCUT2D eigenvalue weighted by Gasteiger charge is -2.13. The lowest BCUT2D eigenvalue weighted by molar-refractivity contribution is 0.151. The first-order valence-corrected chi connectivity index (χ1v) is 5.19. The minimum absolute atomic E-state index is 0.358. The number of aliphatic hydroxyl groups excluding tert-OH is 2. The Kier molecular flexibility index (Phi) is 4.59. The lowest BCUT2D eigenvalue weighted by Crippen LogP contribution is -2.08. The van der Waals surface area contributed by atoms with Crippen LogP contribution in [0.4, 0.5) is 0 Å². The van der Waals surface area contributed by atoms with Crippen molar-refractivity contribution in [1.82, 2.24) is 0 Å². The molecule has 2 N–H and O–H groups in total. The van der Waals surface area contributed by atoms with Gasteiger partial charge in [-0.3, -0.25) is 0 Å². The highest BCUT2D eigenvalue weighted by atomic mass is 16.5. The van der Waals surface area contributed by atoms with Crippen molar-refractivity contribution < 1.29 is 14.9 Å². The normalized spacial score (nSPS) is 14.7. The van der Waals surface area contributed by atoms with Gasteiger partial charge in [-0.05, 0) is 19.9 Å². The molecule has 0 aromatic heterocycles. The predicted molar refractivity (Wildman–Crippen MR) is 58.9 cm³/mol. The van der Waals surface area contributed by atoms with Crippen LogP contribution >= 0.6 is 0 Å². The number of para-hydroxylation sites is 1. The van der Waals surface area contributed by atoms with Crippen molar-refractivity contribution in [2.45, 2.75) is 32.5 Å². The summed E-state index contributed by atoms with van der Waals surface area (Å²) in [6.45, 7) is 3.89. The molecular weight excluding hydrogens is 192 g/mol. The summed E-state index contributed by atoms with van der Waals surface area (Å²) in [6, 6.07) is 7.39. The van der Waals surface area contributed by atoms with E-state index < -0.39 is 6.10 Å². The SMILES string of the molecule is CC(O)CCOc1ccccc1[C@@H](C)O. The van der Waals surface area contributed by atoms with Crippen LogP contribution in [-0.4, -0.2) is 22.9 Å². The molecule has 1 aromatic carbocycles. The van der Waals surface area contributed by atoms with Crippen LogP contribution in [0.5, 0.6) is 5.75 Å². The Morgan fingerprint density at radius 1 is 1.20 bits per heavy atom. The van der Waals surface area contributed by atoms with Crippen molar-refractivity contribution in [3.8, 4) is 5.75 Å². The third-order valence-electron chi connectivity index (χ3n) is 2.16. The van der Waals surface area contributed by atoms with Gasteiger partial charge in [-0.25, -0.2) is 0 Å². The minimum Gasteiger partial charge on any atom is -0.493 e. The fourth-order valence-electron chi connectivity index (χ4n) is 1.30. The average molecular weight is 210 g/mol. The zero-order valence-corrected chi connectivity index (χ0v) is 9.18. The van der Waals surface area contributed by atoms with E-state index in [4.69, 9.17) is 9.84 Å². The van der Waals surface area contributed by atoms with Crippen LogP contribution in [0.25, 0.3) is 0 Å². The molecule has 1 unspecified atom stereocenters. The van der Waals surface area contributed by atoms with Crippen molar-refractivity contribution in [3.63, 3.8) is 0 Å². The Labute approximate surface area is 90.3 Å². The van der Waals surface area contributed by atoms with E-state index in [1.165, 1.54) is 0 Å². The summed E-state index contributed by atoms with van der Waals surface area (Å²) in [4.78, 5) is 0. The number of aliphatic hydroxyl groups is 2. The van der Waals surface area contributed by atoms with Gasteiger partial charge in [-0.15, -0.1) is 0 Å². The highest BCUT2D eigenvalue weighted by Gasteiger charge is 2.08. The van der Waals surface area contributed by atoms with Crippen molar-refractivity contribution in [1.29, 1.82) is 0 Å². The van der Waals surface area contributed by atoms with Crippen molar-refractivity contribution in [2.75, 3.05) is 6.61 Å². The van der Waals surface area contributed by atoms with Crippen LogP contribution in [0, 0.1) is 0 Å². The highest BCUT2D eigenvalue weighted by molar-refractivity contribution is 5.34. The van der Waals surface area contributed by atoms with Gasteiger partial charge < -0.3 is 14.9 Å². The van der Waals surface area contributed by atoms with E-state index in [0.29, 0.717) is 18.8 Å². The molecule has 84 valence electrons. The maximum absolute atomic E-state index is 9.48. The molecule has 0 saturated heterocycles. The summed E-state index contributed by atoms with van der Waals surface area (Å²) in [5.41, 5.74) is 0.781. The third-order valence-corrected chi connectivity index (χ3v) is 2.16. The number of rotatable bonds is 5. The predicted octanol–water partition coefficient (Wildman–Crippen LogP) is 1.89. The Morgan fingerprint density at radius 3 is 2.47 bits per heavy atom. The summed E-state index contributed by atoms with van der Waals surface area (Å²) in [6.07, 6.45) is -0.301. The molecule has 0 amide bonds. The van der Waals surface area contributed by atoms with Gasteiger partial charge >= 0.3 is 0 Å². The molecule has 0 spiro atoms. The first-order valence-electron chi connectivity index (χ1n) is 5.19. The Balaban J connectivity index is 2.59. The molecule has 3 nitrogen and oxygen atoms in total. The van der Waals surface area contributed by atoms with Gasteiger partial charge in [0.15, 0.2) is 0 Å². The number of hydrogen-bond acceptors (Lipinski definition) is 3. The first-order chi connectivity index (χ1) is 7.11. The molecule has 0 fully saturated rings. The maximum Gasteiger partial charge on any atom is 0.125 e. The van der Waals surface area contributed by atoms with Gasteiger partial charge in [0.05, 0.1) is 18.8 Å². The molecule has 3 heteroatoms. The van der Waals surface area contributed by atoms with Gasteiger partial charge in [0.2, 0.25) is 0 Å². The summed E-state index contributed by atoms with van der Waals surface area (Å²) < 4.78 is 5.49. The van der Waals surface area contributed by atoms with Gasteiger partial charge in [-0.1, -0.05) is 18.2 Å². The Bertz CT molecular complexity index is 295. The van der Waals surface area contributed by atoms with Crippen LogP contribution in [0.2, 0.25) is 0 Å². The maximum atomic E-state index is 9.48. The number of benzene rings is 1. The van der Waals surface area contributed by atoms with Gasteiger partial charge in [0, 0.05) is 12.0 Å². The van der Waals surface area contributed by atoms with Crippen LogP contribution in [0.15, 0.2) is 24.3 Å². The summed E-state index contributed by atoms with van der Waals surface area (Å²) >= 11 is 0. The highest BCUT2D eigenvalue weighted by Crippen LogP contribution is 2.24. The standard InChI is InChI=1S/C12H18O3/c1-9(13)7-8-15-12-6-4-3-5-11(12)10(2)14/h3-6,9-10,13-14H,7-8H2,1-2H3/t9?,10-/m1/s1. The molecule has 0 heterocycles. The summed E-state index contributed by atoms with van der Waals surface area (Å²) in [5, 5.41) is 18.6. The molecule has 0 saturated carbocycles. The fourth-order valence-corrected chi connectivity index (χ4v) is 1.30. The quantitative estimate of drug-likeness (QED) is 0.780. The van der Waals surface area contributed by atoms with E-state index in [1.54, 1.807) is 13.8 Å². The molecule has 0 aliphatic heterocycles. The fraction of sp³-hybridized carbons (Fsp3) is 0.500. The van der Waals surface area contributed by atoms with Gasteiger partial charge in [0.25, 0.3) is 0 Å². The van der Waals surface area contributed by atoms with E-state index in [9.17, 15) is 5.11 Å². The summed E-state index contributed by atoms with van der Waals surface area (Å²) in [7, 11) is 0. The second-order valence-corrected chi connectivity index (χ2v) is 3.70. The Hall–Kier alpha value is -1.06. The molecule has 0 aliphatic carbocycles. The molecule has 0 radical (unpaired) electrons. The van der Waals surface area contributed by atoms with Crippen LogP contribution in [-0.2, 0) is 0 Å². The molecule has 1 aromatic rings. The third kappa shape index (κ3) is 3.90. The largest absolute Gasteiger partial charge is 0.493 e. The van der Waals surface area contributed by atoms with Gasteiger partial charge in [-0.2, -0.15) is 0 Å². The average Bonchev–Trinajstić information content (AvgIpc) is 2.17. The molecule has 15 heavy (non-hydrogen) atoms. The van der Waals surface area contributed by atoms with Crippen LogP contribution in [0.3, 0.4) is 0 Å². The second kappa shape index (κ2) is 5.73. The van der Waals surface area contributed by atoms with E-state index >= 15 is 0 Å². The smallest absolute Gasteiger partial charge is 0.125 e. The van der Waals surface area contributed by atoms with Crippen LogP contribution < -0.4 is 4.74 Å². The monoisotopic (exact) mass is 210 g/mol. The van der Waals surface area contributed by atoms with Gasteiger partial charge in [0.1, 0.15) is 5.75 Å². The number of hydrogen-bond donors (Lipinski definition) is 2.